The van der Waals surface area contributed by atoms with E-state index in [1.807, 2.05) is 18.7 Å². The summed E-state index contributed by atoms with van der Waals surface area (Å²) >= 11 is 0. The fraction of sp³-hybridized carbons (Fsp3) is 0.769. The Bertz CT molecular complexity index is 404. The van der Waals surface area contributed by atoms with Gasteiger partial charge >= 0.3 is 0 Å². The Labute approximate surface area is 103 Å². The minimum Gasteiger partial charge on any atom is -0.370 e. The van der Waals surface area contributed by atoms with Crippen LogP contribution >= 0.6 is 0 Å². The molecule has 4 heteroatoms. The number of rotatable bonds is 3. The Kier molecular flexibility index (Phi) is 2.62. The first-order chi connectivity index (χ1) is 8.20. The van der Waals surface area contributed by atoms with Crippen molar-refractivity contribution in [3.05, 3.63) is 11.8 Å². The number of hydrogen-bond acceptors (Lipinski definition) is 3. The Balaban J connectivity index is 1.54. The second kappa shape index (κ2) is 4.02. The van der Waals surface area contributed by atoms with Gasteiger partial charge in [0.25, 0.3) is 0 Å². The Morgan fingerprint density at radius 2 is 2.29 bits per heavy atom. The molecule has 2 fully saturated rings. The van der Waals surface area contributed by atoms with Crippen molar-refractivity contribution >= 4 is 5.82 Å². The van der Waals surface area contributed by atoms with E-state index >= 15 is 0 Å². The van der Waals surface area contributed by atoms with Crippen molar-refractivity contribution in [1.29, 1.82) is 0 Å². The second-order valence-corrected chi connectivity index (χ2v) is 5.69. The van der Waals surface area contributed by atoms with Crippen molar-refractivity contribution in [1.82, 2.24) is 15.1 Å². The lowest BCUT2D eigenvalue weighted by Crippen LogP contribution is -2.30. The highest BCUT2D eigenvalue weighted by Crippen LogP contribution is 2.58. The predicted octanol–water partition coefficient (Wildman–Crippen LogP) is 1.53. The molecule has 1 atom stereocenters. The van der Waals surface area contributed by atoms with Gasteiger partial charge in [0, 0.05) is 19.7 Å². The van der Waals surface area contributed by atoms with E-state index in [1.54, 1.807) is 0 Å². The van der Waals surface area contributed by atoms with Crippen LogP contribution in [0, 0.1) is 18.3 Å². The molecule has 94 valence electrons. The van der Waals surface area contributed by atoms with Crippen LogP contribution in [0.1, 0.15) is 25.0 Å². The molecule has 0 bridgehead atoms. The van der Waals surface area contributed by atoms with Crippen LogP contribution in [-0.2, 0) is 7.05 Å². The third kappa shape index (κ3) is 2.06. The fourth-order valence-electron chi connectivity index (χ4n) is 3.26. The maximum Gasteiger partial charge on any atom is 0.124 e. The maximum absolute atomic E-state index is 4.36. The van der Waals surface area contributed by atoms with E-state index in [2.05, 4.69) is 21.8 Å². The molecule has 1 aromatic rings. The molecule has 1 unspecified atom stereocenters. The van der Waals surface area contributed by atoms with Gasteiger partial charge < -0.3 is 10.6 Å². The third-order valence-electron chi connectivity index (χ3n) is 4.49. The summed E-state index contributed by atoms with van der Waals surface area (Å²) in [7, 11) is 2.00. The molecule has 2 aliphatic rings. The summed E-state index contributed by atoms with van der Waals surface area (Å²) in [5, 5.41) is 11.4. The molecule has 0 amide bonds. The molecule has 1 aliphatic carbocycles. The van der Waals surface area contributed by atoms with E-state index in [0.29, 0.717) is 5.41 Å². The lowest BCUT2D eigenvalue weighted by Gasteiger charge is -2.23. The lowest BCUT2D eigenvalue weighted by atomic mass is 9.92. The number of nitrogens with one attached hydrogen (secondary N) is 2. The van der Waals surface area contributed by atoms with E-state index in [4.69, 9.17) is 0 Å². The molecule has 17 heavy (non-hydrogen) atoms. The normalized spacial score (nSPS) is 26.1. The van der Waals surface area contributed by atoms with Crippen LogP contribution in [0.3, 0.4) is 0 Å². The topological polar surface area (TPSA) is 41.9 Å². The standard InChI is InChI=1S/C13H22N4/c1-10-7-12(17(2)16-10)15-9-11-8-13(11)3-5-14-6-4-13/h7,11,14-15H,3-6,8-9H2,1-2H3. The Morgan fingerprint density at radius 3 is 2.94 bits per heavy atom. The van der Waals surface area contributed by atoms with E-state index in [9.17, 15) is 0 Å². The van der Waals surface area contributed by atoms with Gasteiger partial charge in [-0.1, -0.05) is 0 Å². The van der Waals surface area contributed by atoms with Crippen LogP contribution < -0.4 is 10.6 Å². The van der Waals surface area contributed by atoms with Crippen molar-refractivity contribution < 1.29 is 0 Å². The van der Waals surface area contributed by atoms with Gasteiger partial charge in [0.1, 0.15) is 5.82 Å². The monoisotopic (exact) mass is 234 g/mol. The average Bonchev–Trinajstić information content (AvgIpc) is 2.85. The highest BCUT2D eigenvalue weighted by molar-refractivity contribution is 5.37. The van der Waals surface area contributed by atoms with Gasteiger partial charge in [-0.25, -0.2) is 0 Å². The van der Waals surface area contributed by atoms with Crippen molar-refractivity contribution in [2.45, 2.75) is 26.2 Å². The van der Waals surface area contributed by atoms with Crippen LogP contribution in [-0.4, -0.2) is 29.4 Å². The maximum atomic E-state index is 4.36. The van der Waals surface area contributed by atoms with E-state index in [0.717, 1.165) is 24.0 Å². The van der Waals surface area contributed by atoms with Gasteiger partial charge in [-0.2, -0.15) is 5.10 Å². The molecule has 1 aliphatic heterocycles. The van der Waals surface area contributed by atoms with Crippen molar-refractivity contribution in [3.63, 3.8) is 0 Å². The first-order valence-electron chi connectivity index (χ1n) is 6.65. The zero-order chi connectivity index (χ0) is 11.9. The highest BCUT2D eigenvalue weighted by Gasteiger charge is 2.53. The molecule has 2 N–H and O–H groups in total. The van der Waals surface area contributed by atoms with Gasteiger partial charge in [0.2, 0.25) is 0 Å². The molecular weight excluding hydrogens is 212 g/mol. The molecule has 2 heterocycles. The summed E-state index contributed by atoms with van der Waals surface area (Å²) < 4.78 is 1.94. The fourth-order valence-corrected chi connectivity index (χ4v) is 3.26. The van der Waals surface area contributed by atoms with Crippen molar-refractivity contribution in [2.24, 2.45) is 18.4 Å². The Morgan fingerprint density at radius 1 is 1.53 bits per heavy atom. The lowest BCUT2D eigenvalue weighted by molar-refractivity contribution is 0.326. The Hall–Kier alpha value is -1.03. The minimum absolute atomic E-state index is 0.673. The van der Waals surface area contributed by atoms with Crippen molar-refractivity contribution in [2.75, 3.05) is 25.0 Å². The summed E-state index contributed by atoms with van der Waals surface area (Å²) in [4.78, 5) is 0. The third-order valence-corrected chi connectivity index (χ3v) is 4.49. The van der Waals surface area contributed by atoms with Crippen LogP contribution in [0.2, 0.25) is 0 Å². The number of nitrogens with zero attached hydrogens (tertiary/aromatic N) is 2. The smallest absolute Gasteiger partial charge is 0.124 e. The molecule has 1 saturated heterocycles. The molecule has 0 radical (unpaired) electrons. The summed E-state index contributed by atoms with van der Waals surface area (Å²) in [5.74, 6) is 2.03. The van der Waals surface area contributed by atoms with E-state index < -0.39 is 0 Å². The summed E-state index contributed by atoms with van der Waals surface area (Å²) in [6.07, 6.45) is 4.14. The number of aryl methyl sites for hydroxylation is 2. The summed E-state index contributed by atoms with van der Waals surface area (Å²) in [5.41, 5.74) is 1.76. The van der Waals surface area contributed by atoms with Crippen LogP contribution in [0.5, 0.6) is 0 Å². The molecule has 1 aromatic heterocycles. The van der Waals surface area contributed by atoms with E-state index in [-0.39, 0.29) is 0 Å². The quantitative estimate of drug-likeness (QED) is 0.833. The molecule has 1 spiro atoms. The second-order valence-electron chi connectivity index (χ2n) is 5.69. The number of piperidine rings is 1. The van der Waals surface area contributed by atoms with Gasteiger partial charge in [0.15, 0.2) is 0 Å². The van der Waals surface area contributed by atoms with Crippen LogP contribution in [0.15, 0.2) is 6.07 Å². The first-order valence-corrected chi connectivity index (χ1v) is 6.65. The zero-order valence-corrected chi connectivity index (χ0v) is 10.8. The van der Waals surface area contributed by atoms with E-state index in [1.165, 1.54) is 32.4 Å². The van der Waals surface area contributed by atoms with Gasteiger partial charge in [-0.3, -0.25) is 4.68 Å². The molecule has 0 aromatic carbocycles. The zero-order valence-electron chi connectivity index (χ0n) is 10.8. The molecule has 4 nitrogen and oxygen atoms in total. The SMILES string of the molecule is Cc1cc(NCC2CC23CCNCC3)n(C)n1. The minimum atomic E-state index is 0.673. The molecular formula is C13H22N4. The van der Waals surface area contributed by atoms with Gasteiger partial charge in [-0.05, 0) is 50.6 Å². The molecule has 3 rings (SSSR count). The predicted molar refractivity (Wildman–Crippen MR) is 69.1 cm³/mol. The van der Waals surface area contributed by atoms with Crippen LogP contribution in [0.4, 0.5) is 5.82 Å². The summed E-state index contributed by atoms with van der Waals surface area (Å²) in [6.45, 7) is 5.57. The average molecular weight is 234 g/mol. The van der Waals surface area contributed by atoms with Gasteiger partial charge in [-0.15, -0.1) is 0 Å². The summed E-state index contributed by atoms with van der Waals surface area (Å²) in [6, 6.07) is 2.12. The highest BCUT2D eigenvalue weighted by atomic mass is 15.3. The van der Waals surface area contributed by atoms with Crippen molar-refractivity contribution in [3.8, 4) is 0 Å². The number of aromatic nitrogens is 2. The largest absolute Gasteiger partial charge is 0.370 e. The number of hydrogen-bond donors (Lipinski definition) is 2. The van der Waals surface area contributed by atoms with Crippen LogP contribution in [0.25, 0.3) is 0 Å². The molecule has 1 saturated carbocycles. The number of anilines is 1. The van der Waals surface area contributed by atoms with Gasteiger partial charge in [0.05, 0.1) is 5.69 Å². The first kappa shape index (κ1) is 11.1.